The molecule has 0 aliphatic carbocycles. The molecule has 3 rings (SSSR count). The second-order valence-electron chi connectivity index (χ2n) is 7.64. The maximum absolute atomic E-state index is 13.0. The molecule has 170 valence electrons. The van der Waals surface area contributed by atoms with Crippen molar-refractivity contribution in [3.05, 3.63) is 59.2 Å². The average molecular weight is 442 g/mol. The van der Waals surface area contributed by atoms with Crippen molar-refractivity contribution in [1.29, 1.82) is 0 Å². The van der Waals surface area contributed by atoms with Crippen LogP contribution in [0.5, 0.6) is 11.5 Å². The van der Waals surface area contributed by atoms with Gasteiger partial charge in [-0.3, -0.25) is 9.59 Å². The van der Waals surface area contributed by atoms with Crippen molar-refractivity contribution < 1.29 is 38.4 Å². The summed E-state index contributed by atoms with van der Waals surface area (Å²) in [6.07, 6.45) is -1.43. The van der Waals surface area contributed by atoms with E-state index in [0.717, 1.165) is 5.56 Å². The fourth-order valence-electron chi connectivity index (χ4n) is 3.83. The number of benzene rings is 2. The molecule has 0 aromatic heterocycles. The van der Waals surface area contributed by atoms with Gasteiger partial charge in [0, 0.05) is 6.42 Å². The smallest absolute Gasteiger partial charge is 0.353 e. The Kier molecular flexibility index (Phi) is 7.15. The van der Waals surface area contributed by atoms with Crippen molar-refractivity contribution in [2.45, 2.75) is 44.5 Å². The number of Topliss-reactive ketones (excluding diaryl/α,β-unsaturated/α-hetero) is 1. The van der Waals surface area contributed by atoms with E-state index in [1.54, 1.807) is 13.0 Å². The first-order valence-electron chi connectivity index (χ1n) is 10.2. The Morgan fingerprint density at radius 1 is 1.16 bits per heavy atom. The van der Waals surface area contributed by atoms with Gasteiger partial charge in [-0.2, -0.15) is 0 Å². The SMILES string of the molecule is COC(=O)CC[C@H](OCc1ccccc1)[C@@]1(C(=O)OC)CC(=O)c2c(O)cc(C)cc2O1. The molecule has 0 fully saturated rings. The molecule has 0 bridgehead atoms. The maximum Gasteiger partial charge on any atom is 0.353 e. The number of ether oxygens (including phenoxy) is 4. The Hall–Kier alpha value is -3.39. The van der Waals surface area contributed by atoms with Crippen molar-refractivity contribution in [2.75, 3.05) is 14.2 Å². The monoisotopic (exact) mass is 442 g/mol. The predicted octanol–water partition coefficient (Wildman–Crippen LogP) is 3.12. The number of phenols is 1. The van der Waals surface area contributed by atoms with Crippen LogP contribution in [-0.2, 0) is 30.4 Å². The van der Waals surface area contributed by atoms with Gasteiger partial charge in [0.1, 0.15) is 23.2 Å². The Balaban J connectivity index is 2.01. The molecule has 0 unspecified atom stereocenters. The van der Waals surface area contributed by atoms with Crippen LogP contribution < -0.4 is 4.74 Å². The minimum atomic E-state index is -1.83. The molecule has 32 heavy (non-hydrogen) atoms. The van der Waals surface area contributed by atoms with Gasteiger partial charge >= 0.3 is 11.9 Å². The van der Waals surface area contributed by atoms with Crippen molar-refractivity contribution in [1.82, 2.24) is 0 Å². The zero-order valence-corrected chi connectivity index (χ0v) is 18.3. The third-order valence-electron chi connectivity index (χ3n) is 5.40. The molecule has 1 aliphatic heterocycles. The number of carbonyl (C=O) groups is 3. The molecule has 2 aromatic rings. The van der Waals surface area contributed by atoms with Crippen LogP contribution in [0.1, 0.15) is 40.7 Å². The Morgan fingerprint density at radius 3 is 2.53 bits per heavy atom. The maximum atomic E-state index is 13.0. The van der Waals surface area contributed by atoms with E-state index < -0.39 is 35.8 Å². The molecule has 0 spiro atoms. The van der Waals surface area contributed by atoms with E-state index in [1.165, 1.54) is 20.3 Å². The number of phenolic OH excluding ortho intramolecular Hbond substituents is 1. The Bertz CT molecular complexity index is 1000. The normalized spacial score (nSPS) is 18.3. The van der Waals surface area contributed by atoms with Crippen molar-refractivity contribution in [3.63, 3.8) is 0 Å². The number of hydrogen-bond acceptors (Lipinski definition) is 8. The number of methoxy groups -OCH3 is 2. The van der Waals surface area contributed by atoms with Crippen LogP contribution in [0, 0.1) is 6.92 Å². The van der Waals surface area contributed by atoms with Crippen molar-refractivity contribution >= 4 is 17.7 Å². The van der Waals surface area contributed by atoms with Crippen molar-refractivity contribution in [2.24, 2.45) is 0 Å². The van der Waals surface area contributed by atoms with Crippen molar-refractivity contribution in [3.8, 4) is 11.5 Å². The Labute approximate surface area is 186 Å². The lowest BCUT2D eigenvalue weighted by Crippen LogP contribution is -2.59. The minimum absolute atomic E-state index is 0.00454. The van der Waals surface area contributed by atoms with Gasteiger partial charge in [0.25, 0.3) is 0 Å². The lowest BCUT2D eigenvalue weighted by atomic mass is 9.82. The zero-order valence-electron chi connectivity index (χ0n) is 18.3. The number of esters is 2. The van der Waals surface area contributed by atoms with Gasteiger partial charge < -0.3 is 24.1 Å². The number of hydrogen-bond donors (Lipinski definition) is 1. The quantitative estimate of drug-likeness (QED) is 0.622. The highest BCUT2D eigenvalue weighted by Crippen LogP contribution is 2.42. The van der Waals surface area contributed by atoms with E-state index >= 15 is 0 Å². The zero-order chi connectivity index (χ0) is 23.3. The topological polar surface area (TPSA) is 108 Å². The van der Waals surface area contributed by atoms with Crippen LogP contribution in [-0.4, -0.2) is 48.8 Å². The molecule has 0 saturated carbocycles. The first-order chi connectivity index (χ1) is 15.3. The van der Waals surface area contributed by atoms with Crippen LogP contribution in [0.2, 0.25) is 0 Å². The predicted molar refractivity (Wildman–Crippen MR) is 113 cm³/mol. The van der Waals surface area contributed by atoms with E-state index in [2.05, 4.69) is 0 Å². The molecule has 0 radical (unpaired) electrons. The lowest BCUT2D eigenvalue weighted by Gasteiger charge is -2.40. The van der Waals surface area contributed by atoms with Gasteiger partial charge in [0.05, 0.1) is 27.2 Å². The fourth-order valence-corrected chi connectivity index (χ4v) is 3.83. The highest BCUT2D eigenvalue weighted by atomic mass is 16.6. The summed E-state index contributed by atoms with van der Waals surface area (Å²) in [4.78, 5) is 37.9. The summed E-state index contributed by atoms with van der Waals surface area (Å²) in [7, 11) is 2.45. The standard InChI is InChI=1S/C24H26O8/c1-15-11-17(25)22-18(26)13-24(23(28)30-3,32-19(22)12-15)20(9-10-21(27)29-2)31-14-16-7-5-4-6-8-16/h4-8,11-12,20,25H,9-10,13-14H2,1-3H3/t20-,24+/m0/s1. The second-order valence-corrected chi connectivity index (χ2v) is 7.64. The van der Waals surface area contributed by atoms with Crippen LogP contribution in [0.15, 0.2) is 42.5 Å². The summed E-state index contributed by atoms with van der Waals surface area (Å²) in [5, 5.41) is 10.3. The summed E-state index contributed by atoms with van der Waals surface area (Å²) < 4.78 is 21.9. The van der Waals surface area contributed by atoms with Gasteiger partial charge in [0.15, 0.2) is 5.78 Å². The number of aryl methyl sites for hydroxylation is 1. The van der Waals surface area contributed by atoms with Gasteiger partial charge in [-0.15, -0.1) is 0 Å². The fraction of sp³-hybridized carbons (Fsp3) is 0.375. The van der Waals surface area contributed by atoms with Gasteiger partial charge in [-0.05, 0) is 36.6 Å². The first kappa shape index (κ1) is 23.3. The minimum Gasteiger partial charge on any atom is -0.507 e. The van der Waals surface area contributed by atoms with Gasteiger partial charge in [0.2, 0.25) is 5.60 Å². The number of carbonyl (C=O) groups excluding carboxylic acids is 3. The summed E-state index contributed by atoms with van der Waals surface area (Å²) in [5.41, 5.74) is -0.343. The second kappa shape index (κ2) is 9.82. The van der Waals surface area contributed by atoms with E-state index in [9.17, 15) is 19.5 Å². The number of ketones is 1. The summed E-state index contributed by atoms with van der Waals surface area (Å²) in [5.74, 6) is -1.94. The molecule has 8 nitrogen and oxygen atoms in total. The van der Waals surface area contributed by atoms with Crippen LogP contribution >= 0.6 is 0 Å². The first-order valence-corrected chi connectivity index (χ1v) is 10.2. The molecular formula is C24H26O8. The lowest BCUT2D eigenvalue weighted by molar-refractivity contribution is -0.179. The number of rotatable bonds is 8. The highest BCUT2D eigenvalue weighted by molar-refractivity contribution is 6.06. The van der Waals surface area contributed by atoms with Crippen LogP contribution in [0.4, 0.5) is 0 Å². The molecule has 1 aliphatic rings. The molecule has 1 heterocycles. The average Bonchev–Trinajstić information content (AvgIpc) is 2.77. The van der Waals surface area contributed by atoms with Gasteiger partial charge in [-0.25, -0.2) is 4.79 Å². The Morgan fingerprint density at radius 2 is 1.88 bits per heavy atom. The molecule has 1 N–H and O–H groups in total. The molecule has 0 amide bonds. The van der Waals surface area contributed by atoms with E-state index in [0.29, 0.717) is 5.56 Å². The summed E-state index contributed by atoms with van der Waals surface area (Å²) in [6.45, 7) is 1.85. The molecular weight excluding hydrogens is 416 g/mol. The van der Waals surface area contributed by atoms with E-state index in [1.807, 2.05) is 30.3 Å². The summed E-state index contributed by atoms with van der Waals surface area (Å²) in [6, 6.07) is 12.3. The molecule has 2 aromatic carbocycles. The van der Waals surface area contributed by atoms with E-state index in [4.69, 9.17) is 18.9 Å². The summed E-state index contributed by atoms with van der Waals surface area (Å²) >= 11 is 0. The third-order valence-corrected chi connectivity index (χ3v) is 5.40. The third kappa shape index (κ3) is 4.75. The number of aromatic hydroxyl groups is 1. The molecule has 0 saturated heterocycles. The number of fused-ring (bicyclic) bond motifs is 1. The van der Waals surface area contributed by atoms with Gasteiger partial charge in [-0.1, -0.05) is 30.3 Å². The van der Waals surface area contributed by atoms with E-state index in [-0.39, 0.29) is 36.5 Å². The highest BCUT2D eigenvalue weighted by Gasteiger charge is 2.55. The molecule has 8 heteroatoms. The largest absolute Gasteiger partial charge is 0.507 e. The van der Waals surface area contributed by atoms with Crippen LogP contribution in [0.25, 0.3) is 0 Å². The van der Waals surface area contributed by atoms with Crippen LogP contribution in [0.3, 0.4) is 0 Å². The molecule has 2 atom stereocenters.